The molecule has 0 spiro atoms. The van der Waals surface area contributed by atoms with Crippen LogP contribution in [-0.2, 0) is 37.3 Å². The van der Waals surface area contributed by atoms with E-state index in [2.05, 4.69) is 88.0 Å². The minimum atomic E-state index is -0.246. The van der Waals surface area contributed by atoms with Crippen LogP contribution in [0, 0.1) is 6.92 Å². The monoisotopic (exact) mass is 756 g/mol. The van der Waals surface area contributed by atoms with Gasteiger partial charge in [-0.3, -0.25) is 14.5 Å². The largest absolute Gasteiger partial charge is 0.381 e. The first-order chi connectivity index (χ1) is 27.3. The minimum absolute atomic E-state index is 0.225. The Kier molecular flexibility index (Phi) is 12.7. The van der Waals surface area contributed by atoms with Crippen molar-refractivity contribution in [3.05, 3.63) is 112 Å². The van der Waals surface area contributed by atoms with Crippen LogP contribution in [0.25, 0.3) is 22.2 Å². The average molecular weight is 757 g/mol. The van der Waals surface area contributed by atoms with Gasteiger partial charge in [-0.15, -0.1) is 0 Å². The Morgan fingerprint density at radius 3 is 2.09 bits per heavy atom. The fourth-order valence-electron chi connectivity index (χ4n) is 7.93. The van der Waals surface area contributed by atoms with Gasteiger partial charge in [0, 0.05) is 94.0 Å². The first kappa shape index (κ1) is 39.1. The van der Waals surface area contributed by atoms with Crippen molar-refractivity contribution in [2.45, 2.75) is 79.2 Å². The number of nitrogens with one attached hydrogen (secondary N) is 3. The molecule has 0 aliphatic carbocycles. The molecule has 2 amide bonds. The number of hydrogen-bond acceptors (Lipinski definition) is 8. The Labute approximate surface area is 330 Å². The van der Waals surface area contributed by atoms with Crippen LogP contribution in [0.3, 0.4) is 0 Å². The summed E-state index contributed by atoms with van der Waals surface area (Å²) in [7, 11) is 0. The van der Waals surface area contributed by atoms with E-state index >= 15 is 0 Å². The second-order valence-electron chi connectivity index (χ2n) is 15.1. The third-order valence-electron chi connectivity index (χ3n) is 11.2. The first-order valence-corrected chi connectivity index (χ1v) is 20.3. The summed E-state index contributed by atoms with van der Waals surface area (Å²) in [5.41, 5.74) is 10.0. The summed E-state index contributed by atoms with van der Waals surface area (Å²) in [6.45, 7) is 17.6. The molecule has 7 rings (SSSR count). The lowest BCUT2D eigenvalue weighted by Gasteiger charge is -2.34. The number of anilines is 1. The van der Waals surface area contributed by atoms with Gasteiger partial charge in [0.2, 0.25) is 0 Å². The zero-order valence-electron chi connectivity index (χ0n) is 33.4. The van der Waals surface area contributed by atoms with Crippen LogP contribution in [0.15, 0.2) is 72.9 Å². The van der Waals surface area contributed by atoms with Gasteiger partial charge in [-0.25, -0.2) is 9.67 Å². The van der Waals surface area contributed by atoms with Crippen LogP contribution < -0.4 is 16.0 Å². The Hall–Kier alpha value is -5.10. The lowest BCUT2D eigenvalue weighted by atomic mass is 10.0. The van der Waals surface area contributed by atoms with Crippen molar-refractivity contribution in [3.8, 4) is 11.1 Å². The van der Waals surface area contributed by atoms with Crippen LogP contribution in [-0.4, -0.2) is 88.4 Å². The summed E-state index contributed by atoms with van der Waals surface area (Å²) in [6.07, 6.45) is 4.39. The number of carbonyl (C=O) groups excluding carboxylic acids is 2. The number of benzene rings is 3. The number of pyridine rings is 1. The van der Waals surface area contributed by atoms with Crippen molar-refractivity contribution in [1.29, 1.82) is 0 Å². The first-order valence-electron chi connectivity index (χ1n) is 20.3. The normalized spacial score (nSPS) is 15.6. The molecule has 5 aromatic rings. The minimum Gasteiger partial charge on any atom is -0.381 e. The van der Waals surface area contributed by atoms with E-state index in [1.54, 1.807) is 6.07 Å². The number of amides is 2. The highest BCUT2D eigenvalue weighted by Crippen LogP contribution is 2.31. The fraction of sp³-hybridized carbons (Fsp3) is 0.422. The molecule has 3 aromatic carbocycles. The van der Waals surface area contributed by atoms with Gasteiger partial charge in [-0.1, -0.05) is 50.2 Å². The Morgan fingerprint density at radius 2 is 1.43 bits per heavy atom. The summed E-state index contributed by atoms with van der Waals surface area (Å²) in [5.74, 6) is -0.471. The van der Waals surface area contributed by atoms with Gasteiger partial charge in [0.05, 0.1) is 17.3 Å². The third kappa shape index (κ3) is 9.29. The van der Waals surface area contributed by atoms with Gasteiger partial charge in [-0.2, -0.15) is 5.10 Å². The van der Waals surface area contributed by atoms with Gasteiger partial charge in [0.15, 0.2) is 5.65 Å². The molecule has 2 aliphatic rings. The highest BCUT2D eigenvalue weighted by atomic mass is 16.5. The maximum atomic E-state index is 13.8. The number of aromatic nitrogens is 3. The number of rotatable bonds is 14. The summed E-state index contributed by atoms with van der Waals surface area (Å²) in [5, 5.41) is 15.6. The van der Waals surface area contributed by atoms with Gasteiger partial charge in [0.25, 0.3) is 11.8 Å². The van der Waals surface area contributed by atoms with E-state index in [9.17, 15) is 9.59 Å². The number of aryl methyl sites for hydroxylation is 3. The van der Waals surface area contributed by atoms with Gasteiger partial charge in [-0.05, 0) is 97.8 Å². The molecule has 0 atom stereocenters. The van der Waals surface area contributed by atoms with Crippen LogP contribution in [0.5, 0.6) is 0 Å². The molecular formula is C45H56N8O3. The molecule has 0 radical (unpaired) electrons. The number of fused-ring (bicyclic) bond motifs is 1. The summed E-state index contributed by atoms with van der Waals surface area (Å²) in [4.78, 5) is 37.3. The van der Waals surface area contributed by atoms with Crippen molar-refractivity contribution < 1.29 is 14.3 Å². The SMILES string of the molecule is CCc1nc2c(cnn2CC)c(NC2CCOCC2)c1CNC(=O)c1cc(C)cc(C(=O)NCc2cccc(-c3cccc(CN4CCN(CC)CC4)c3)c2)c1. The van der Waals surface area contributed by atoms with Crippen molar-refractivity contribution in [2.75, 3.05) is 51.3 Å². The molecule has 4 heterocycles. The smallest absolute Gasteiger partial charge is 0.251 e. The third-order valence-corrected chi connectivity index (χ3v) is 11.2. The number of likely N-dealkylation sites (N-methyl/N-ethyl adjacent to an activating group) is 1. The summed E-state index contributed by atoms with van der Waals surface area (Å²) in [6, 6.07) is 22.7. The molecule has 2 aromatic heterocycles. The average Bonchev–Trinajstić information content (AvgIpc) is 3.65. The van der Waals surface area contributed by atoms with Crippen LogP contribution >= 0.6 is 0 Å². The van der Waals surface area contributed by atoms with E-state index < -0.39 is 0 Å². The standard InChI is InChI=1S/C45H56N8O3/c1-5-41-39(42(49-38-14-20-56-21-15-38)40-29-48-53(7-3)43(40)50-41)28-47-45(55)37-23-31(4)22-36(26-37)44(54)46-27-32-10-8-12-34(24-32)35-13-9-11-33(25-35)30-52-18-16-51(6-2)17-19-52/h8-13,22-26,29,38H,5-7,14-21,27-28,30H2,1-4H3,(H,46,54)(H,47,55)(H,49,50). The molecule has 2 aliphatic heterocycles. The predicted molar refractivity (Wildman–Crippen MR) is 223 cm³/mol. The number of nitrogens with zero attached hydrogens (tertiary/aromatic N) is 5. The zero-order valence-corrected chi connectivity index (χ0v) is 33.4. The number of piperazine rings is 1. The molecule has 2 fully saturated rings. The van der Waals surface area contributed by atoms with Crippen LogP contribution in [0.1, 0.15) is 82.3 Å². The highest BCUT2D eigenvalue weighted by molar-refractivity contribution is 6.00. The Bertz CT molecular complexity index is 2150. The fourth-order valence-corrected chi connectivity index (χ4v) is 7.93. The quantitative estimate of drug-likeness (QED) is 0.117. The number of ether oxygens (including phenoxy) is 1. The highest BCUT2D eigenvalue weighted by Gasteiger charge is 2.23. The van der Waals surface area contributed by atoms with Crippen LogP contribution in [0.2, 0.25) is 0 Å². The van der Waals surface area contributed by atoms with E-state index in [0.717, 1.165) is 96.8 Å². The van der Waals surface area contributed by atoms with E-state index in [-0.39, 0.29) is 17.9 Å². The molecule has 0 bridgehead atoms. The predicted octanol–water partition coefficient (Wildman–Crippen LogP) is 6.58. The molecule has 2 saturated heterocycles. The molecule has 56 heavy (non-hydrogen) atoms. The Balaban J connectivity index is 1.01. The van der Waals surface area contributed by atoms with Gasteiger partial charge < -0.3 is 25.6 Å². The van der Waals surface area contributed by atoms with Crippen molar-refractivity contribution >= 4 is 28.5 Å². The van der Waals surface area contributed by atoms with Gasteiger partial charge >= 0.3 is 0 Å². The van der Waals surface area contributed by atoms with E-state index in [1.807, 2.05) is 42.1 Å². The molecule has 0 saturated carbocycles. The maximum Gasteiger partial charge on any atom is 0.251 e. The maximum absolute atomic E-state index is 13.8. The van der Waals surface area contributed by atoms with E-state index in [0.29, 0.717) is 50.4 Å². The Morgan fingerprint density at radius 1 is 0.786 bits per heavy atom. The lowest BCUT2D eigenvalue weighted by molar-refractivity contribution is 0.0904. The second kappa shape index (κ2) is 18.2. The van der Waals surface area contributed by atoms with E-state index in [1.165, 1.54) is 11.1 Å². The number of carbonyl (C=O) groups is 2. The summed E-state index contributed by atoms with van der Waals surface area (Å²) >= 11 is 0. The summed E-state index contributed by atoms with van der Waals surface area (Å²) < 4.78 is 7.53. The van der Waals surface area contributed by atoms with Crippen LogP contribution in [0.4, 0.5) is 5.69 Å². The molecule has 11 heteroatoms. The van der Waals surface area contributed by atoms with Gasteiger partial charge in [0.1, 0.15) is 0 Å². The molecule has 294 valence electrons. The van der Waals surface area contributed by atoms with Crippen molar-refractivity contribution in [3.63, 3.8) is 0 Å². The molecule has 11 nitrogen and oxygen atoms in total. The lowest BCUT2D eigenvalue weighted by Crippen LogP contribution is -2.45. The molecule has 0 unspecified atom stereocenters. The zero-order chi connectivity index (χ0) is 39.0. The van der Waals surface area contributed by atoms with Crippen molar-refractivity contribution in [1.82, 2.24) is 35.2 Å². The molecule has 3 N–H and O–H groups in total. The topological polar surface area (TPSA) is 117 Å². The molecular weight excluding hydrogens is 701 g/mol. The van der Waals surface area contributed by atoms with E-state index in [4.69, 9.17) is 9.72 Å². The van der Waals surface area contributed by atoms with Crippen molar-refractivity contribution in [2.24, 2.45) is 0 Å². The number of hydrogen-bond donors (Lipinski definition) is 3. The second-order valence-corrected chi connectivity index (χ2v) is 15.1.